The molecule has 1 nitrogen and oxygen atoms in total. The van der Waals surface area contributed by atoms with Gasteiger partial charge in [-0.15, -0.1) is 12.4 Å². The minimum atomic E-state index is 0. The molecule has 0 spiro atoms. The summed E-state index contributed by atoms with van der Waals surface area (Å²) in [5.74, 6) is 0. The summed E-state index contributed by atoms with van der Waals surface area (Å²) in [6.45, 7) is 2.32. The lowest BCUT2D eigenvalue weighted by molar-refractivity contribution is 0.862. The maximum absolute atomic E-state index is 3.17. The van der Waals surface area contributed by atoms with Gasteiger partial charge in [-0.3, -0.25) is 0 Å². The van der Waals surface area contributed by atoms with Crippen LogP contribution in [0.1, 0.15) is 6.42 Å². The second-order valence-electron chi connectivity index (χ2n) is 1.28. The van der Waals surface area contributed by atoms with E-state index in [4.69, 9.17) is 0 Å². The quantitative estimate of drug-likeness (QED) is 0.477. The van der Waals surface area contributed by atoms with Gasteiger partial charge in [-0.25, -0.2) is 0 Å². The first kappa shape index (κ1) is 6.25. The number of hydrogen-bond acceptors (Lipinski definition) is 1. The molecule has 37 valence electrons. The molecule has 6 heavy (non-hydrogen) atoms. The zero-order valence-electron chi connectivity index (χ0n) is 3.61. The Morgan fingerprint density at radius 2 is 2.33 bits per heavy atom. The fourth-order valence-corrected chi connectivity index (χ4v) is 0.510. The molecule has 0 amide bonds. The van der Waals surface area contributed by atoms with Crippen molar-refractivity contribution in [2.45, 2.75) is 6.42 Å². The zero-order valence-corrected chi connectivity index (χ0v) is 4.42. The summed E-state index contributed by atoms with van der Waals surface area (Å²) in [4.78, 5) is 0. The van der Waals surface area contributed by atoms with Crippen LogP contribution in [0.25, 0.3) is 0 Å². The van der Waals surface area contributed by atoms with Gasteiger partial charge in [0.15, 0.2) is 0 Å². The Hall–Kier alpha value is 0.250. The van der Waals surface area contributed by atoms with E-state index in [1.807, 2.05) is 0 Å². The second kappa shape index (κ2) is 3.44. The summed E-state index contributed by atoms with van der Waals surface area (Å²) in [6, 6.07) is 0. The van der Waals surface area contributed by atoms with Crippen LogP contribution >= 0.6 is 12.4 Å². The van der Waals surface area contributed by atoms with E-state index in [0.717, 1.165) is 6.54 Å². The average Bonchev–Trinajstić information content (AvgIpc) is 1.76. The van der Waals surface area contributed by atoms with Crippen molar-refractivity contribution in [2.75, 3.05) is 13.1 Å². The van der Waals surface area contributed by atoms with Crippen molar-refractivity contribution in [2.24, 2.45) is 0 Å². The Kier molecular flexibility index (Phi) is 3.58. The summed E-state index contributed by atoms with van der Waals surface area (Å²) in [5, 5.41) is 3.17. The van der Waals surface area contributed by atoms with Crippen LogP contribution in [-0.4, -0.2) is 13.1 Å². The first-order valence-corrected chi connectivity index (χ1v) is 2.02. The molecule has 0 aromatic carbocycles. The zero-order chi connectivity index (χ0) is 3.54. The fraction of sp³-hybridized carbons (Fsp3) is 0.750. The van der Waals surface area contributed by atoms with E-state index in [0.29, 0.717) is 0 Å². The van der Waals surface area contributed by atoms with E-state index in [9.17, 15) is 0 Å². The van der Waals surface area contributed by atoms with Crippen molar-refractivity contribution in [3.63, 3.8) is 0 Å². The van der Waals surface area contributed by atoms with Gasteiger partial charge in [0.1, 0.15) is 0 Å². The van der Waals surface area contributed by atoms with Gasteiger partial charge < -0.3 is 5.32 Å². The highest BCUT2D eigenvalue weighted by atomic mass is 35.5. The molecular formula is C4H9ClN. The van der Waals surface area contributed by atoms with Crippen LogP contribution in [0.15, 0.2) is 0 Å². The predicted molar refractivity (Wildman–Crippen MR) is 29.0 cm³/mol. The maximum Gasteiger partial charge on any atom is -0.00169 e. The second-order valence-corrected chi connectivity index (χ2v) is 1.28. The van der Waals surface area contributed by atoms with Crippen LogP contribution in [0, 0.1) is 6.42 Å². The fourth-order valence-electron chi connectivity index (χ4n) is 0.510. The lowest BCUT2D eigenvalue weighted by Crippen LogP contribution is -2.03. The molecule has 0 aromatic heterocycles. The van der Waals surface area contributed by atoms with Crippen LogP contribution in [0.3, 0.4) is 0 Å². The molecule has 1 aliphatic heterocycles. The van der Waals surface area contributed by atoms with Crippen molar-refractivity contribution in [3.8, 4) is 0 Å². The highest BCUT2D eigenvalue weighted by Crippen LogP contribution is 1.88. The average molecular weight is 107 g/mol. The van der Waals surface area contributed by atoms with Gasteiger partial charge in [-0.05, 0) is 25.9 Å². The Morgan fingerprint density at radius 1 is 1.50 bits per heavy atom. The van der Waals surface area contributed by atoms with Crippen LogP contribution in [0.4, 0.5) is 0 Å². The third-order valence-electron chi connectivity index (χ3n) is 0.814. The first-order chi connectivity index (χ1) is 2.50. The minimum Gasteiger partial charge on any atom is -0.316 e. The lowest BCUT2D eigenvalue weighted by Gasteiger charge is -1.76. The van der Waals surface area contributed by atoms with Crippen LogP contribution < -0.4 is 5.32 Å². The molecule has 0 saturated carbocycles. The molecule has 1 heterocycles. The Balaban J connectivity index is 0.000000250. The molecule has 0 aliphatic carbocycles. The smallest absolute Gasteiger partial charge is 0.00169 e. The molecule has 1 N–H and O–H groups in total. The topological polar surface area (TPSA) is 12.0 Å². The van der Waals surface area contributed by atoms with Crippen molar-refractivity contribution in [3.05, 3.63) is 6.42 Å². The highest BCUT2D eigenvalue weighted by molar-refractivity contribution is 5.85. The molecule has 1 fully saturated rings. The summed E-state index contributed by atoms with van der Waals surface area (Å²) in [7, 11) is 0. The van der Waals surface area contributed by atoms with E-state index < -0.39 is 0 Å². The summed E-state index contributed by atoms with van der Waals surface area (Å²) < 4.78 is 0. The first-order valence-electron chi connectivity index (χ1n) is 2.02. The standard InChI is InChI=1S/C4H8N.ClH/c1-2-4-5-3-1;/h1,5H,2-4H2;1H. The largest absolute Gasteiger partial charge is 0.316 e. The molecule has 1 radical (unpaired) electrons. The Morgan fingerprint density at radius 3 is 2.50 bits per heavy atom. The predicted octanol–water partition coefficient (Wildman–Crippen LogP) is 0.606. The molecule has 1 rings (SSSR count). The van der Waals surface area contributed by atoms with Gasteiger partial charge in [-0.1, -0.05) is 0 Å². The Labute approximate surface area is 44.5 Å². The van der Waals surface area contributed by atoms with Gasteiger partial charge in [-0.2, -0.15) is 0 Å². The normalized spacial score (nSPS) is 20.0. The molecule has 0 bridgehead atoms. The van der Waals surface area contributed by atoms with Gasteiger partial charge in [0.25, 0.3) is 0 Å². The summed E-state index contributed by atoms with van der Waals surface area (Å²) >= 11 is 0. The van der Waals surface area contributed by atoms with Crippen LogP contribution in [0.2, 0.25) is 0 Å². The number of hydrogen-bond donors (Lipinski definition) is 1. The van der Waals surface area contributed by atoms with E-state index in [1.54, 1.807) is 0 Å². The van der Waals surface area contributed by atoms with Crippen molar-refractivity contribution >= 4 is 12.4 Å². The third-order valence-corrected chi connectivity index (χ3v) is 0.814. The maximum atomic E-state index is 3.17. The van der Waals surface area contributed by atoms with Gasteiger partial charge in [0.05, 0.1) is 0 Å². The van der Waals surface area contributed by atoms with Crippen molar-refractivity contribution in [1.29, 1.82) is 0 Å². The molecule has 2 heteroatoms. The number of halogens is 1. The molecule has 1 saturated heterocycles. The summed E-state index contributed by atoms with van der Waals surface area (Å²) in [5.41, 5.74) is 0. The van der Waals surface area contributed by atoms with E-state index in [2.05, 4.69) is 11.7 Å². The van der Waals surface area contributed by atoms with Gasteiger partial charge >= 0.3 is 0 Å². The number of nitrogens with one attached hydrogen (secondary N) is 1. The monoisotopic (exact) mass is 106 g/mol. The third kappa shape index (κ3) is 1.63. The molecule has 0 aromatic rings. The molecule has 0 unspecified atom stereocenters. The minimum absolute atomic E-state index is 0. The van der Waals surface area contributed by atoms with Gasteiger partial charge in [0, 0.05) is 0 Å². The van der Waals surface area contributed by atoms with E-state index >= 15 is 0 Å². The SMILES string of the molecule is Cl.[CH]1CCNC1. The van der Waals surface area contributed by atoms with Crippen LogP contribution in [0.5, 0.6) is 0 Å². The number of rotatable bonds is 0. The van der Waals surface area contributed by atoms with E-state index in [1.165, 1.54) is 13.0 Å². The lowest BCUT2D eigenvalue weighted by atomic mass is 10.4. The highest BCUT2D eigenvalue weighted by Gasteiger charge is 1.93. The van der Waals surface area contributed by atoms with Crippen molar-refractivity contribution in [1.82, 2.24) is 5.32 Å². The molecule has 0 atom stereocenters. The molecule has 1 aliphatic rings. The van der Waals surface area contributed by atoms with Crippen LogP contribution in [-0.2, 0) is 0 Å². The van der Waals surface area contributed by atoms with Crippen molar-refractivity contribution < 1.29 is 0 Å². The Bertz CT molecular complexity index is 19.1. The van der Waals surface area contributed by atoms with E-state index in [-0.39, 0.29) is 12.4 Å². The summed E-state index contributed by atoms with van der Waals surface area (Å²) in [6.07, 6.45) is 3.51. The van der Waals surface area contributed by atoms with Gasteiger partial charge in [0.2, 0.25) is 0 Å². The molecular weight excluding hydrogens is 97.5 g/mol.